The molecule has 1 atom stereocenters. The van der Waals surface area contributed by atoms with Crippen LogP contribution in [0.4, 0.5) is 0 Å². The van der Waals surface area contributed by atoms with Gasteiger partial charge in [0.2, 0.25) is 0 Å². The maximum Gasteiger partial charge on any atom is 0.00480 e. The van der Waals surface area contributed by atoms with Crippen molar-refractivity contribution >= 4 is 0 Å². The first-order valence-corrected chi connectivity index (χ1v) is 6.59. The van der Waals surface area contributed by atoms with Crippen molar-refractivity contribution in [1.82, 2.24) is 4.90 Å². The molecular weight excluding hydrogens is 208 g/mol. The van der Waals surface area contributed by atoms with E-state index in [4.69, 9.17) is 5.73 Å². The number of hydrogen-bond acceptors (Lipinski definition) is 2. The molecule has 0 aromatic heterocycles. The van der Waals surface area contributed by atoms with Crippen LogP contribution in [0.3, 0.4) is 0 Å². The van der Waals surface area contributed by atoms with E-state index in [1.54, 1.807) is 0 Å². The fraction of sp³-hybridized carbons (Fsp3) is 0.600. The Balaban J connectivity index is 1.82. The molecule has 2 nitrogen and oxygen atoms in total. The van der Waals surface area contributed by atoms with Gasteiger partial charge < -0.3 is 10.6 Å². The van der Waals surface area contributed by atoms with E-state index in [-0.39, 0.29) is 0 Å². The summed E-state index contributed by atoms with van der Waals surface area (Å²) in [6.45, 7) is 8.79. The van der Waals surface area contributed by atoms with Crippen LogP contribution >= 0.6 is 0 Å². The highest BCUT2D eigenvalue weighted by molar-refractivity contribution is 5.21. The molecule has 1 saturated heterocycles. The number of likely N-dealkylation sites (tertiary alicyclic amines) is 1. The third-order valence-corrected chi connectivity index (χ3v) is 3.97. The van der Waals surface area contributed by atoms with Crippen molar-refractivity contribution in [2.75, 3.05) is 26.2 Å². The third-order valence-electron chi connectivity index (χ3n) is 3.97. The highest BCUT2D eigenvalue weighted by Crippen LogP contribution is 2.28. The van der Waals surface area contributed by atoms with Gasteiger partial charge in [-0.3, -0.25) is 0 Å². The smallest absolute Gasteiger partial charge is 0.00480 e. The zero-order chi connectivity index (χ0) is 12.3. The van der Waals surface area contributed by atoms with E-state index in [9.17, 15) is 0 Å². The Labute approximate surface area is 105 Å². The molecule has 1 heterocycles. The molecule has 1 aliphatic heterocycles. The first-order chi connectivity index (χ1) is 8.11. The Bertz CT molecular complexity index is 358. The van der Waals surface area contributed by atoms with E-state index in [0.717, 1.165) is 19.5 Å². The summed E-state index contributed by atoms with van der Waals surface area (Å²) in [6, 6.07) is 8.88. The van der Waals surface area contributed by atoms with Crippen molar-refractivity contribution in [3.8, 4) is 0 Å². The maximum atomic E-state index is 5.83. The standard InChI is InChI=1S/C15H24N2/c1-13-3-5-14(6-4-13)7-9-17-10-8-15(2,11-16)12-17/h3-6H,7-12,16H2,1-2H3. The highest BCUT2D eigenvalue weighted by atomic mass is 15.2. The van der Waals surface area contributed by atoms with Gasteiger partial charge in [0.1, 0.15) is 0 Å². The Morgan fingerprint density at radius 2 is 2.00 bits per heavy atom. The Kier molecular flexibility index (Phi) is 3.85. The average molecular weight is 232 g/mol. The summed E-state index contributed by atoms with van der Waals surface area (Å²) >= 11 is 0. The topological polar surface area (TPSA) is 29.3 Å². The van der Waals surface area contributed by atoms with Crippen LogP contribution in [-0.4, -0.2) is 31.1 Å². The van der Waals surface area contributed by atoms with Crippen molar-refractivity contribution in [1.29, 1.82) is 0 Å². The van der Waals surface area contributed by atoms with Gasteiger partial charge in [0, 0.05) is 13.1 Å². The van der Waals surface area contributed by atoms with Crippen LogP contribution in [0.25, 0.3) is 0 Å². The van der Waals surface area contributed by atoms with Crippen LogP contribution in [0.1, 0.15) is 24.5 Å². The molecule has 17 heavy (non-hydrogen) atoms. The van der Waals surface area contributed by atoms with Crippen LogP contribution in [0.15, 0.2) is 24.3 Å². The largest absolute Gasteiger partial charge is 0.330 e. The molecule has 0 aliphatic carbocycles. The molecule has 1 aromatic carbocycles. The summed E-state index contributed by atoms with van der Waals surface area (Å²) in [6.07, 6.45) is 2.40. The number of nitrogens with two attached hydrogens (primary N) is 1. The van der Waals surface area contributed by atoms with Crippen LogP contribution < -0.4 is 5.73 Å². The fourth-order valence-electron chi connectivity index (χ4n) is 2.53. The van der Waals surface area contributed by atoms with Gasteiger partial charge in [0.25, 0.3) is 0 Å². The minimum atomic E-state index is 0.354. The minimum Gasteiger partial charge on any atom is -0.330 e. The summed E-state index contributed by atoms with van der Waals surface area (Å²) < 4.78 is 0. The van der Waals surface area contributed by atoms with Gasteiger partial charge in [-0.25, -0.2) is 0 Å². The van der Waals surface area contributed by atoms with Crippen molar-refractivity contribution in [2.24, 2.45) is 11.1 Å². The second-order valence-corrected chi connectivity index (χ2v) is 5.78. The third kappa shape index (κ3) is 3.30. The van der Waals surface area contributed by atoms with Gasteiger partial charge in [-0.05, 0) is 43.8 Å². The molecule has 2 heteroatoms. The summed E-state index contributed by atoms with van der Waals surface area (Å²) in [5.41, 5.74) is 8.96. The van der Waals surface area contributed by atoms with E-state index in [2.05, 4.69) is 43.0 Å². The zero-order valence-electron chi connectivity index (χ0n) is 11.1. The first-order valence-electron chi connectivity index (χ1n) is 6.59. The van der Waals surface area contributed by atoms with Crippen molar-refractivity contribution in [3.05, 3.63) is 35.4 Å². The van der Waals surface area contributed by atoms with Gasteiger partial charge >= 0.3 is 0 Å². The van der Waals surface area contributed by atoms with Crippen LogP contribution in [0.2, 0.25) is 0 Å². The van der Waals surface area contributed by atoms with E-state index < -0.39 is 0 Å². The number of aryl methyl sites for hydroxylation is 1. The zero-order valence-corrected chi connectivity index (χ0v) is 11.1. The van der Waals surface area contributed by atoms with Gasteiger partial charge in [-0.2, -0.15) is 0 Å². The number of rotatable bonds is 4. The summed E-state index contributed by atoms with van der Waals surface area (Å²) in [7, 11) is 0. The van der Waals surface area contributed by atoms with Gasteiger partial charge in [0.15, 0.2) is 0 Å². The number of nitrogens with zero attached hydrogens (tertiary/aromatic N) is 1. The maximum absolute atomic E-state index is 5.83. The molecule has 1 aliphatic rings. The molecule has 2 rings (SSSR count). The molecule has 1 unspecified atom stereocenters. The molecule has 2 N–H and O–H groups in total. The Morgan fingerprint density at radius 1 is 1.29 bits per heavy atom. The van der Waals surface area contributed by atoms with E-state index >= 15 is 0 Å². The van der Waals surface area contributed by atoms with Crippen LogP contribution in [-0.2, 0) is 6.42 Å². The van der Waals surface area contributed by atoms with Gasteiger partial charge in [-0.15, -0.1) is 0 Å². The lowest BCUT2D eigenvalue weighted by Gasteiger charge is -2.22. The normalized spacial score (nSPS) is 25.4. The summed E-state index contributed by atoms with van der Waals surface area (Å²) in [5.74, 6) is 0. The lowest BCUT2D eigenvalue weighted by molar-refractivity contribution is 0.283. The molecule has 1 aromatic rings. The molecule has 94 valence electrons. The van der Waals surface area contributed by atoms with Gasteiger partial charge in [-0.1, -0.05) is 36.8 Å². The molecule has 0 saturated carbocycles. The SMILES string of the molecule is Cc1ccc(CCN2CCC(C)(CN)C2)cc1. The molecule has 0 amide bonds. The second kappa shape index (κ2) is 5.19. The van der Waals surface area contributed by atoms with Gasteiger partial charge in [0.05, 0.1) is 0 Å². The molecular formula is C15H24N2. The van der Waals surface area contributed by atoms with E-state index in [0.29, 0.717) is 5.41 Å². The van der Waals surface area contributed by atoms with Crippen LogP contribution in [0.5, 0.6) is 0 Å². The predicted molar refractivity (Wildman–Crippen MR) is 73.1 cm³/mol. The first kappa shape index (κ1) is 12.6. The Hall–Kier alpha value is -0.860. The monoisotopic (exact) mass is 232 g/mol. The lowest BCUT2D eigenvalue weighted by atomic mass is 9.90. The average Bonchev–Trinajstić information content (AvgIpc) is 2.72. The lowest BCUT2D eigenvalue weighted by Crippen LogP contribution is -2.32. The molecule has 0 spiro atoms. The summed E-state index contributed by atoms with van der Waals surface area (Å²) in [5, 5.41) is 0. The molecule has 0 radical (unpaired) electrons. The quantitative estimate of drug-likeness (QED) is 0.862. The number of hydrogen-bond donors (Lipinski definition) is 1. The Morgan fingerprint density at radius 3 is 2.59 bits per heavy atom. The minimum absolute atomic E-state index is 0.354. The van der Waals surface area contributed by atoms with Crippen molar-refractivity contribution < 1.29 is 0 Å². The fourth-order valence-corrected chi connectivity index (χ4v) is 2.53. The van der Waals surface area contributed by atoms with E-state index in [1.807, 2.05) is 0 Å². The predicted octanol–water partition coefficient (Wildman–Crippen LogP) is 2.21. The molecule has 0 bridgehead atoms. The highest BCUT2D eigenvalue weighted by Gasteiger charge is 2.31. The summed E-state index contributed by atoms with van der Waals surface area (Å²) in [4.78, 5) is 2.55. The van der Waals surface area contributed by atoms with Crippen LogP contribution in [0, 0.1) is 12.3 Å². The second-order valence-electron chi connectivity index (χ2n) is 5.78. The number of benzene rings is 1. The van der Waals surface area contributed by atoms with Crippen molar-refractivity contribution in [2.45, 2.75) is 26.7 Å². The van der Waals surface area contributed by atoms with E-state index in [1.165, 1.54) is 30.6 Å². The van der Waals surface area contributed by atoms with Crippen molar-refractivity contribution in [3.63, 3.8) is 0 Å². The molecule has 1 fully saturated rings.